The molecule has 5 nitrogen and oxygen atoms in total. The van der Waals surface area contributed by atoms with Crippen molar-refractivity contribution in [3.8, 4) is 0 Å². The van der Waals surface area contributed by atoms with Crippen LogP contribution in [-0.2, 0) is 6.18 Å². The fourth-order valence-corrected chi connectivity index (χ4v) is 2.10. The molecule has 1 aliphatic rings. The Balaban J connectivity index is 2.19. The first-order chi connectivity index (χ1) is 8.90. The van der Waals surface area contributed by atoms with Gasteiger partial charge in [0.2, 0.25) is 5.95 Å². The Morgan fingerprint density at radius 3 is 2.47 bits per heavy atom. The Bertz CT molecular complexity index is 444. The van der Waals surface area contributed by atoms with Crippen LogP contribution >= 0.6 is 0 Å². The van der Waals surface area contributed by atoms with Crippen molar-refractivity contribution < 1.29 is 18.3 Å². The zero-order chi connectivity index (χ0) is 14.0. The second-order valence-electron chi connectivity index (χ2n) is 4.58. The highest BCUT2D eigenvalue weighted by molar-refractivity contribution is 5.44. The van der Waals surface area contributed by atoms with Crippen LogP contribution in [0.25, 0.3) is 0 Å². The first-order valence-corrected chi connectivity index (χ1v) is 5.97. The van der Waals surface area contributed by atoms with E-state index in [-0.39, 0.29) is 24.3 Å². The summed E-state index contributed by atoms with van der Waals surface area (Å²) in [6.45, 7) is 1.21. The Morgan fingerprint density at radius 2 is 1.95 bits per heavy atom. The minimum atomic E-state index is -4.53. The summed E-state index contributed by atoms with van der Waals surface area (Å²) in [5.41, 5.74) is 4.30. The molecule has 0 radical (unpaired) electrons. The second kappa shape index (κ2) is 5.20. The van der Waals surface area contributed by atoms with Gasteiger partial charge in [-0.15, -0.1) is 0 Å². The van der Waals surface area contributed by atoms with Crippen molar-refractivity contribution in [2.75, 3.05) is 30.3 Å². The van der Waals surface area contributed by atoms with E-state index < -0.39 is 11.9 Å². The molecule has 19 heavy (non-hydrogen) atoms. The van der Waals surface area contributed by atoms with E-state index in [4.69, 9.17) is 10.8 Å². The summed E-state index contributed by atoms with van der Waals surface area (Å²) in [5, 5.41) is 9.03. The molecule has 0 bridgehead atoms. The van der Waals surface area contributed by atoms with E-state index in [9.17, 15) is 13.2 Å². The van der Waals surface area contributed by atoms with Gasteiger partial charge in [-0.25, -0.2) is 4.98 Å². The molecule has 1 aliphatic heterocycles. The van der Waals surface area contributed by atoms with Gasteiger partial charge in [0.15, 0.2) is 5.69 Å². The number of nitrogen functional groups attached to an aromatic ring is 1. The lowest BCUT2D eigenvalue weighted by atomic mass is 9.98. The van der Waals surface area contributed by atoms with E-state index in [0.717, 1.165) is 18.9 Å². The highest BCUT2D eigenvalue weighted by atomic mass is 19.4. The molecule has 2 rings (SSSR count). The molecule has 3 N–H and O–H groups in total. The van der Waals surface area contributed by atoms with Crippen LogP contribution in [0.15, 0.2) is 6.07 Å². The number of aliphatic hydroxyl groups excluding tert-OH is 1. The number of halogens is 3. The Labute approximate surface area is 108 Å². The molecular formula is C11H15F3N4O. The average molecular weight is 276 g/mol. The molecule has 1 saturated heterocycles. The number of hydrogen-bond donors (Lipinski definition) is 2. The van der Waals surface area contributed by atoms with Gasteiger partial charge in [0.25, 0.3) is 0 Å². The third-order valence-corrected chi connectivity index (χ3v) is 3.22. The van der Waals surface area contributed by atoms with Gasteiger partial charge in [0.05, 0.1) is 0 Å². The molecule has 0 aromatic carbocycles. The molecule has 1 fully saturated rings. The van der Waals surface area contributed by atoms with Gasteiger partial charge >= 0.3 is 6.18 Å². The molecule has 1 aromatic heterocycles. The Kier molecular flexibility index (Phi) is 3.79. The Hall–Kier alpha value is -1.57. The zero-order valence-electron chi connectivity index (χ0n) is 10.2. The van der Waals surface area contributed by atoms with E-state index in [1.807, 2.05) is 0 Å². The number of hydrogen-bond acceptors (Lipinski definition) is 5. The first-order valence-electron chi connectivity index (χ1n) is 5.97. The lowest BCUT2D eigenvalue weighted by Gasteiger charge is -2.32. The maximum Gasteiger partial charge on any atom is 0.433 e. The lowest BCUT2D eigenvalue weighted by molar-refractivity contribution is -0.141. The predicted octanol–water partition coefficient (Wildman–Crippen LogP) is 1.29. The van der Waals surface area contributed by atoms with Crippen molar-refractivity contribution in [3.05, 3.63) is 11.8 Å². The third kappa shape index (κ3) is 3.25. The monoisotopic (exact) mass is 276 g/mol. The van der Waals surface area contributed by atoms with Crippen LogP contribution in [-0.4, -0.2) is 34.8 Å². The van der Waals surface area contributed by atoms with Gasteiger partial charge in [-0.3, -0.25) is 0 Å². The molecule has 0 amide bonds. The van der Waals surface area contributed by atoms with Gasteiger partial charge in [0.1, 0.15) is 5.82 Å². The summed E-state index contributed by atoms with van der Waals surface area (Å²) >= 11 is 0. The molecule has 0 spiro atoms. The van der Waals surface area contributed by atoms with Gasteiger partial charge in [-0.05, 0) is 18.8 Å². The highest BCUT2D eigenvalue weighted by Gasteiger charge is 2.34. The van der Waals surface area contributed by atoms with Crippen LogP contribution in [0, 0.1) is 5.92 Å². The van der Waals surface area contributed by atoms with Gasteiger partial charge < -0.3 is 15.7 Å². The molecule has 0 aliphatic carbocycles. The van der Waals surface area contributed by atoms with E-state index >= 15 is 0 Å². The van der Waals surface area contributed by atoms with Crippen LogP contribution in [0.4, 0.5) is 24.9 Å². The summed E-state index contributed by atoms with van der Waals surface area (Å²) in [7, 11) is 0. The summed E-state index contributed by atoms with van der Waals surface area (Å²) < 4.78 is 37.9. The van der Waals surface area contributed by atoms with E-state index in [2.05, 4.69) is 9.97 Å². The van der Waals surface area contributed by atoms with Crippen LogP contribution in [0.1, 0.15) is 18.5 Å². The number of rotatable bonds is 2. The van der Waals surface area contributed by atoms with E-state index in [1.165, 1.54) is 0 Å². The normalized spacial score (nSPS) is 17.8. The summed E-state index contributed by atoms with van der Waals surface area (Å²) in [4.78, 5) is 8.79. The first kappa shape index (κ1) is 13.9. The minimum Gasteiger partial charge on any atom is -0.396 e. The molecule has 0 saturated carbocycles. The lowest BCUT2D eigenvalue weighted by Crippen LogP contribution is -2.35. The van der Waals surface area contributed by atoms with Crippen molar-refractivity contribution >= 4 is 11.8 Å². The molecule has 2 heterocycles. The standard InChI is InChI=1S/C11H15F3N4O/c12-11(13,14)8-5-9(17-10(15)16-8)18-3-1-7(6-19)2-4-18/h5,7,19H,1-4,6H2,(H2,15,16,17). The topological polar surface area (TPSA) is 75.3 Å². The fraction of sp³-hybridized carbons (Fsp3) is 0.636. The maximum atomic E-state index is 12.6. The van der Waals surface area contributed by atoms with Crippen LogP contribution < -0.4 is 10.6 Å². The molecule has 0 unspecified atom stereocenters. The van der Waals surface area contributed by atoms with Gasteiger partial charge in [-0.2, -0.15) is 18.2 Å². The van der Waals surface area contributed by atoms with E-state index in [0.29, 0.717) is 13.1 Å². The third-order valence-electron chi connectivity index (χ3n) is 3.22. The molecule has 0 atom stereocenters. The van der Waals surface area contributed by atoms with Crippen LogP contribution in [0.3, 0.4) is 0 Å². The summed E-state index contributed by atoms with van der Waals surface area (Å²) in [5.74, 6) is 0.0165. The number of alkyl halides is 3. The number of anilines is 2. The van der Waals surface area contributed by atoms with E-state index in [1.54, 1.807) is 4.90 Å². The molecule has 106 valence electrons. The number of piperidine rings is 1. The van der Waals surface area contributed by atoms with Gasteiger partial charge in [0, 0.05) is 25.8 Å². The number of aromatic nitrogens is 2. The Morgan fingerprint density at radius 1 is 1.32 bits per heavy atom. The zero-order valence-corrected chi connectivity index (χ0v) is 10.2. The highest BCUT2D eigenvalue weighted by Crippen LogP contribution is 2.31. The minimum absolute atomic E-state index is 0.105. The average Bonchev–Trinajstić information content (AvgIpc) is 2.37. The fourth-order valence-electron chi connectivity index (χ4n) is 2.10. The molecule has 1 aromatic rings. The molecule has 8 heteroatoms. The predicted molar refractivity (Wildman–Crippen MR) is 63.5 cm³/mol. The van der Waals surface area contributed by atoms with Crippen molar-refractivity contribution in [3.63, 3.8) is 0 Å². The number of nitrogens with zero attached hydrogens (tertiary/aromatic N) is 3. The maximum absolute atomic E-state index is 12.6. The van der Waals surface area contributed by atoms with Crippen LogP contribution in [0.2, 0.25) is 0 Å². The largest absolute Gasteiger partial charge is 0.433 e. The van der Waals surface area contributed by atoms with Crippen molar-refractivity contribution in [2.24, 2.45) is 5.92 Å². The van der Waals surface area contributed by atoms with Crippen molar-refractivity contribution in [2.45, 2.75) is 19.0 Å². The van der Waals surface area contributed by atoms with Crippen molar-refractivity contribution in [1.29, 1.82) is 0 Å². The van der Waals surface area contributed by atoms with Crippen molar-refractivity contribution in [1.82, 2.24) is 9.97 Å². The number of nitrogens with two attached hydrogens (primary N) is 1. The van der Waals surface area contributed by atoms with Crippen LogP contribution in [0.5, 0.6) is 0 Å². The van der Waals surface area contributed by atoms with Gasteiger partial charge in [-0.1, -0.05) is 0 Å². The molecular weight excluding hydrogens is 261 g/mol. The summed E-state index contributed by atoms with van der Waals surface area (Å²) in [6, 6.07) is 0.912. The summed E-state index contributed by atoms with van der Waals surface area (Å²) in [6.07, 6.45) is -3.08. The second-order valence-corrected chi connectivity index (χ2v) is 4.58. The quantitative estimate of drug-likeness (QED) is 0.851. The number of aliphatic hydroxyl groups is 1. The smallest absolute Gasteiger partial charge is 0.396 e. The SMILES string of the molecule is Nc1nc(N2CCC(CO)CC2)cc(C(F)(F)F)n1.